The molecule has 1 aliphatic heterocycles. The molecule has 1 fully saturated rings. The van der Waals surface area contributed by atoms with Gasteiger partial charge in [0, 0.05) is 32.1 Å². The van der Waals surface area contributed by atoms with Gasteiger partial charge in [-0.2, -0.15) is 0 Å². The third-order valence-electron chi connectivity index (χ3n) is 5.58. The predicted octanol–water partition coefficient (Wildman–Crippen LogP) is 3.51. The molecule has 0 spiro atoms. The maximum Gasteiger partial charge on any atom is 0.255 e. The van der Waals surface area contributed by atoms with Crippen LogP contribution in [0.4, 0.5) is 11.4 Å². The zero-order valence-corrected chi connectivity index (χ0v) is 19.9. The quantitative estimate of drug-likeness (QED) is 0.601. The summed E-state index contributed by atoms with van der Waals surface area (Å²) >= 11 is 0. The van der Waals surface area contributed by atoms with E-state index in [0.717, 1.165) is 38.6 Å². The zero-order chi connectivity index (χ0) is 23.8. The molecule has 1 saturated heterocycles. The largest absolute Gasteiger partial charge is 0.497 e. The molecule has 9 heteroatoms. The second-order valence-corrected chi connectivity index (χ2v) is 9.99. The van der Waals surface area contributed by atoms with Crippen molar-refractivity contribution in [2.45, 2.75) is 32.1 Å². The summed E-state index contributed by atoms with van der Waals surface area (Å²) in [5.41, 5.74) is 1.43. The number of nitrogens with zero attached hydrogens (tertiary/aromatic N) is 2. The van der Waals surface area contributed by atoms with E-state index in [2.05, 4.69) is 5.32 Å². The van der Waals surface area contributed by atoms with Crippen LogP contribution in [0.3, 0.4) is 0 Å². The average Bonchev–Trinajstić information content (AvgIpc) is 2.81. The summed E-state index contributed by atoms with van der Waals surface area (Å²) in [6.45, 7) is 1.60. The molecule has 0 aliphatic carbocycles. The van der Waals surface area contributed by atoms with E-state index in [9.17, 15) is 18.0 Å². The summed E-state index contributed by atoms with van der Waals surface area (Å²) in [6.07, 6.45) is 4.67. The molecule has 2 amide bonds. The standard InChI is InChI=1S/C24H31N3O5S/c1-32-20-11-8-10-19(18-20)27(33(2,30)31)17-9-14-23(28)25-22-13-5-4-12-21(22)24(29)26-15-6-3-7-16-26/h4-5,8,10-13,18H,3,6-7,9,14-17H2,1-2H3,(H,25,28). The minimum absolute atomic E-state index is 0.0770. The Morgan fingerprint density at radius 2 is 1.79 bits per heavy atom. The lowest BCUT2D eigenvalue weighted by molar-refractivity contribution is -0.116. The number of sulfonamides is 1. The van der Waals surface area contributed by atoms with Gasteiger partial charge in [0.1, 0.15) is 5.75 Å². The van der Waals surface area contributed by atoms with Crippen LogP contribution in [0.1, 0.15) is 42.5 Å². The zero-order valence-electron chi connectivity index (χ0n) is 19.1. The van der Waals surface area contributed by atoms with Crippen molar-refractivity contribution < 1.29 is 22.7 Å². The number of para-hydroxylation sites is 1. The molecule has 1 N–H and O–H groups in total. The summed E-state index contributed by atoms with van der Waals surface area (Å²) < 4.78 is 31.1. The van der Waals surface area contributed by atoms with Crippen molar-refractivity contribution in [1.29, 1.82) is 0 Å². The molecule has 8 nitrogen and oxygen atoms in total. The van der Waals surface area contributed by atoms with E-state index in [-0.39, 0.29) is 24.8 Å². The minimum Gasteiger partial charge on any atom is -0.497 e. The minimum atomic E-state index is -3.53. The van der Waals surface area contributed by atoms with Gasteiger partial charge in [-0.25, -0.2) is 8.42 Å². The van der Waals surface area contributed by atoms with E-state index < -0.39 is 10.0 Å². The fourth-order valence-corrected chi connectivity index (χ4v) is 4.85. The number of hydrogen-bond donors (Lipinski definition) is 1. The van der Waals surface area contributed by atoms with E-state index in [1.54, 1.807) is 48.5 Å². The lowest BCUT2D eigenvalue weighted by Gasteiger charge is -2.27. The first-order chi connectivity index (χ1) is 15.8. The Kier molecular flexibility index (Phi) is 8.32. The molecule has 0 atom stereocenters. The topological polar surface area (TPSA) is 96.0 Å². The van der Waals surface area contributed by atoms with E-state index in [1.807, 2.05) is 4.90 Å². The van der Waals surface area contributed by atoms with Crippen LogP contribution in [0.25, 0.3) is 0 Å². The highest BCUT2D eigenvalue weighted by Gasteiger charge is 2.22. The molecule has 1 aliphatic rings. The van der Waals surface area contributed by atoms with Crippen LogP contribution < -0.4 is 14.4 Å². The van der Waals surface area contributed by atoms with Gasteiger partial charge in [-0.1, -0.05) is 18.2 Å². The second kappa shape index (κ2) is 11.2. The van der Waals surface area contributed by atoms with Crippen LogP contribution in [0, 0.1) is 0 Å². The SMILES string of the molecule is COc1cccc(N(CCCC(=O)Nc2ccccc2C(=O)N2CCCCC2)S(C)(=O)=O)c1. The lowest BCUT2D eigenvalue weighted by atomic mass is 10.1. The molecule has 0 aromatic heterocycles. The number of methoxy groups -OCH3 is 1. The van der Waals surface area contributed by atoms with Crippen molar-refractivity contribution in [3.05, 3.63) is 54.1 Å². The van der Waals surface area contributed by atoms with Gasteiger partial charge in [-0.15, -0.1) is 0 Å². The number of benzene rings is 2. The molecule has 1 heterocycles. The average molecular weight is 474 g/mol. The molecule has 178 valence electrons. The van der Waals surface area contributed by atoms with E-state index in [0.29, 0.717) is 29.1 Å². The number of nitrogens with one attached hydrogen (secondary N) is 1. The summed E-state index contributed by atoms with van der Waals surface area (Å²) in [5.74, 6) is 0.203. The molecule has 33 heavy (non-hydrogen) atoms. The van der Waals surface area contributed by atoms with Gasteiger partial charge in [-0.05, 0) is 49.9 Å². The van der Waals surface area contributed by atoms with Crippen LogP contribution in [0.15, 0.2) is 48.5 Å². The number of carbonyl (C=O) groups is 2. The van der Waals surface area contributed by atoms with Crippen LogP contribution in [0.5, 0.6) is 5.75 Å². The number of likely N-dealkylation sites (tertiary alicyclic amines) is 1. The Labute approximate surface area is 195 Å². The third-order valence-corrected chi connectivity index (χ3v) is 6.78. The first-order valence-electron chi connectivity index (χ1n) is 11.1. The van der Waals surface area contributed by atoms with Crippen molar-refractivity contribution in [2.75, 3.05) is 42.6 Å². The fraction of sp³-hybridized carbons (Fsp3) is 0.417. The predicted molar refractivity (Wildman–Crippen MR) is 129 cm³/mol. The molecule has 0 unspecified atom stereocenters. The fourth-order valence-electron chi connectivity index (χ4n) is 3.89. The maximum atomic E-state index is 12.9. The lowest BCUT2D eigenvalue weighted by Crippen LogP contribution is -2.36. The smallest absolute Gasteiger partial charge is 0.255 e. The summed E-state index contributed by atoms with van der Waals surface area (Å²) in [6, 6.07) is 13.8. The van der Waals surface area contributed by atoms with Crippen molar-refractivity contribution in [3.63, 3.8) is 0 Å². The number of hydrogen-bond acceptors (Lipinski definition) is 5. The van der Waals surface area contributed by atoms with Gasteiger partial charge in [0.2, 0.25) is 15.9 Å². The molecule has 0 saturated carbocycles. The van der Waals surface area contributed by atoms with Gasteiger partial charge in [-0.3, -0.25) is 13.9 Å². The molecule has 2 aromatic rings. The van der Waals surface area contributed by atoms with Crippen molar-refractivity contribution in [2.24, 2.45) is 0 Å². The normalized spacial score (nSPS) is 13.9. The van der Waals surface area contributed by atoms with Gasteiger partial charge >= 0.3 is 0 Å². The molecular formula is C24H31N3O5S. The Bertz CT molecular complexity index is 1080. The van der Waals surface area contributed by atoms with Crippen molar-refractivity contribution in [1.82, 2.24) is 4.90 Å². The number of ether oxygens (including phenoxy) is 1. The van der Waals surface area contributed by atoms with Gasteiger partial charge in [0.25, 0.3) is 5.91 Å². The number of carbonyl (C=O) groups excluding carboxylic acids is 2. The van der Waals surface area contributed by atoms with Crippen molar-refractivity contribution in [3.8, 4) is 5.75 Å². The highest BCUT2D eigenvalue weighted by Crippen LogP contribution is 2.24. The molecule has 2 aromatic carbocycles. The maximum absolute atomic E-state index is 12.9. The van der Waals surface area contributed by atoms with Crippen LogP contribution >= 0.6 is 0 Å². The van der Waals surface area contributed by atoms with Crippen LogP contribution in [-0.4, -0.2) is 58.1 Å². The first kappa shape index (κ1) is 24.6. The van der Waals surface area contributed by atoms with E-state index >= 15 is 0 Å². The summed E-state index contributed by atoms with van der Waals surface area (Å²) in [7, 11) is -2.02. The highest BCUT2D eigenvalue weighted by atomic mass is 32.2. The Morgan fingerprint density at radius 3 is 2.48 bits per heavy atom. The van der Waals surface area contributed by atoms with Crippen LogP contribution in [-0.2, 0) is 14.8 Å². The third kappa shape index (κ3) is 6.71. The first-order valence-corrected chi connectivity index (χ1v) is 12.9. The second-order valence-electron chi connectivity index (χ2n) is 8.09. The Hall–Kier alpha value is -3.07. The van der Waals surface area contributed by atoms with Gasteiger partial charge < -0.3 is 15.0 Å². The molecule has 0 radical (unpaired) electrons. The van der Waals surface area contributed by atoms with Crippen molar-refractivity contribution >= 4 is 33.2 Å². The Morgan fingerprint density at radius 1 is 1.06 bits per heavy atom. The number of piperidine rings is 1. The number of rotatable bonds is 9. The highest BCUT2D eigenvalue weighted by molar-refractivity contribution is 7.92. The molecular weight excluding hydrogens is 442 g/mol. The van der Waals surface area contributed by atoms with Crippen LogP contribution in [0.2, 0.25) is 0 Å². The number of amides is 2. The molecule has 0 bridgehead atoms. The number of anilines is 2. The van der Waals surface area contributed by atoms with Gasteiger partial charge in [0.05, 0.1) is 30.3 Å². The molecule has 3 rings (SSSR count). The van der Waals surface area contributed by atoms with E-state index in [1.165, 1.54) is 11.4 Å². The summed E-state index contributed by atoms with van der Waals surface area (Å²) in [5, 5.41) is 2.83. The Balaban J connectivity index is 1.62. The monoisotopic (exact) mass is 473 g/mol. The summed E-state index contributed by atoms with van der Waals surface area (Å²) in [4.78, 5) is 27.3. The van der Waals surface area contributed by atoms with Gasteiger partial charge in [0.15, 0.2) is 0 Å². The van der Waals surface area contributed by atoms with E-state index in [4.69, 9.17) is 4.74 Å².